The van der Waals surface area contributed by atoms with E-state index in [0.29, 0.717) is 28.4 Å². The Bertz CT molecular complexity index is 673. The van der Waals surface area contributed by atoms with Gasteiger partial charge in [-0.25, -0.2) is 0 Å². The van der Waals surface area contributed by atoms with Gasteiger partial charge in [-0.05, 0) is 24.3 Å². The molecule has 0 bridgehead atoms. The molecule has 0 saturated carbocycles. The number of nitrogens with zero attached hydrogens (tertiary/aromatic N) is 1. The highest BCUT2D eigenvalue weighted by molar-refractivity contribution is 6.34. The average molecular weight is 304 g/mol. The number of hydrogen-bond acceptors (Lipinski definition) is 3. The minimum absolute atomic E-state index is 0.0891. The van der Waals surface area contributed by atoms with Crippen molar-refractivity contribution in [2.24, 2.45) is 0 Å². The summed E-state index contributed by atoms with van der Waals surface area (Å²) in [6.45, 7) is 1.77. The van der Waals surface area contributed by atoms with E-state index in [1.807, 2.05) is 0 Å². The molecular weight excluding hydrogens is 290 g/mol. The summed E-state index contributed by atoms with van der Waals surface area (Å²) >= 11 is 5.95. The topological polar surface area (TPSA) is 71.1 Å². The highest BCUT2D eigenvalue weighted by atomic mass is 35.5. The van der Waals surface area contributed by atoms with E-state index in [0.717, 1.165) is 0 Å². The summed E-state index contributed by atoms with van der Waals surface area (Å²) in [6.07, 6.45) is 3.31. The van der Waals surface area contributed by atoms with Crippen molar-refractivity contribution in [2.75, 3.05) is 10.6 Å². The van der Waals surface area contributed by atoms with E-state index >= 15 is 0 Å². The van der Waals surface area contributed by atoms with Crippen LogP contribution in [0.15, 0.2) is 42.7 Å². The second-order valence-electron chi connectivity index (χ2n) is 4.29. The number of halogens is 1. The lowest BCUT2D eigenvalue weighted by molar-refractivity contribution is -0.115. The molecule has 1 heterocycles. The van der Waals surface area contributed by atoms with Crippen molar-refractivity contribution in [2.45, 2.75) is 13.3 Å². The van der Waals surface area contributed by atoms with Crippen LogP contribution in [0.25, 0.3) is 0 Å². The van der Waals surface area contributed by atoms with E-state index in [2.05, 4.69) is 15.6 Å². The summed E-state index contributed by atoms with van der Waals surface area (Å²) in [5, 5.41) is 5.78. The molecule has 2 rings (SSSR count). The van der Waals surface area contributed by atoms with Gasteiger partial charge in [-0.3, -0.25) is 14.6 Å². The Morgan fingerprint density at radius 1 is 1.19 bits per heavy atom. The van der Waals surface area contributed by atoms with E-state index in [1.54, 1.807) is 37.3 Å². The standard InChI is InChI=1S/C15H14ClN3O2/c1-2-14(20)18-10-4-3-5-11(8-10)19-15(21)12-9-17-7-6-13(12)16/h3-9H,2H2,1H3,(H,18,20)(H,19,21). The predicted molar refractivity (Wildman–Crippen MR) is 82.6 cm³/mol. The van der Waals surface area contributed by atoms with Crippen LogP contribution in [0.3, 0.4) is 0 Å². The lowest BCUT2D eigenvalue weighted by Gasteiger charge is -2.09. The number of carbonyl (C=O) groups is 2. The molecule has 5 nitrogen and oxygen atoms in total. The third-order valence-corrected chi connectivity index (χ3v) is 3.07. The van der Waals surface area contributed by atoms with Gasteiger partial charge in [-0.1, -0.05) is 24.6 Å². The van der Waals surface area contributed by atoms with Crippen molar-refractivity contribution >= 4 is 34.8 Å². The van der Waals surface area contributed by atoms with Gasteiger partial charge >= 0.3 is 0 Å². The molecule has 0 saturated heterocycles. The highest BCUT2D eigenvalue weighted by Crippen LogP contribution is 2.18. The first-order valence-corrected chi connectivity index (χ1v) is 6.78. The molecule has 0 unspecified atom stereocenters. The second-order valence-corrected chi connectivity index (χ2v) is 4.70. The summed E-state index contributed by atoms with van der Waals surface area (Å²) in [7, 11) is 0. The van der Waals surface area contributed by atoms with Gasteiger partial charge in [0.2, 0.25) is 5.91 Å². The monoisotopic (exact) mass is 303 g/mol. The lowest BCUT2D eigenvalue weighted by atomic mass is 10.2. The highest BCUT2D eigenvalue weighted by Gasteiger charge is 2.10. The Kier molecular flexibility index (Phi) is 4.90. The van der Waals surface area contributed by atoms with Crippen LogP contribution < -0.4 is 10.6 Å². The number of aromatic nitrogens is 1. The van der Waals surface area contributed by atoms with Crippen LogP contribution >= 0.6 is 11.6 Å². The van der Waals surface area contributed by atoms with Crippen LogP contribution in [0.1, 0.15) is 23.7 Å². The van der Waals surface area contributed by atoms with Crippen molar-refractivity contribution < 1.29 is 9.59 Å². The van der Waals surface area contributed by atoms with Gasteiger partial charge in [0.15, 0.2) is 0 Å². The Morgan fingerprint density at radius 2 is 1.90 bits per heavy atom. The van der Waals surface area contributed by atoms with Gasteiger partial charge in [0.25, 0.3) is 5.91 Å². The van der Waals surface area contributed by atoms with Crippen LogP contribution in [0, 0.1) is 0 Å². The normalized spacial score (nSPS) is 10.0. The molecule has 0 atom stereocenters. The Labute approximate surface area is 127 Å². The fraction of sp³-hybridized carbons (Fsp3) is 0.133. The number of anilines is 2. The fourth-order valence-electron chi connectivity index (χ4n) is 1.67. The molecule has 0 fully saturated rings. The third kappa shape index (κ3) is 4.03. The van der Waals surface area contributed by atoms with Gasteiger partial charge in [-0.15, -0.1) is 0 Å². The minimum atomic E-state index is -0.355. The van der Waals surface area contributed by atoms with Crippen LogP contribution in [0.5, 0.6) is 0 Å². The third-order valence-electron chi connectivity index (χ3n) is 2.74. The van der Waals surface area contributed by atoms with Gasteiger partial charge in [0.05, 0.1) is 10.6 Å². The van der Waals surface area contributed by atoms with Crippen molar-refractivity contribution in [3.8, 4) is 0 Å². The number of amides is 2. The van der Waals surface area contributed by atoms with Crippen LogP contribution in [-0.2, 0) is 4.79 Å². The Balaban J connectivity index is 2.13. The summed E-state index contributed by atoms with van der Waals surface area (Å²) in [4.78, 5) is 27.3. The molecule has 0 aliphatic rings. The average Bonchev–Trinajstić information content (AvgIpc) is 2.47. The summed E-state index contributed by atoms with van der Waals surface area (Å²) in [5.74, 6) is -0.444. The summed E-state index contributed by atoms with van der Waals surface area (Å²) in [5.41, 5.74) is 1.48. The van der Waals surface area contributed by atoms with E-state index in [-0.39, 0.29) is 11.8 Å². The maximum absolute atomic E-state index is 12.1. The van der Waals surface area contributed by atoms with Gasteiger partial charge < -0.3 is 10.6 Å². The summed E-state index contributed by atoms with van der Waals surface area (Å²) < 4.78 is 0. The molecule has 2 amide bonds. The Hall–Kier alpha value is -2.40. The molecule has 2 N–H and O–H groups in total. The van der Waals surface area contributed by atoms with Crippen LogP contribution in [0.4, 0.5) is 11.4 Å². The molecule has 2 aromatic rings. The first-order chi connectivity index (χ1) is 10.1. The van der Waals surface area contributed by atoms with Gasteiger partial charge in [0, 0.05) is 30.2 Å². The van der Waals surface area contributed by atoms with Crippen molar-refractivity contribution in [1.29, 1.82) is 0 Å². The Morgan fingerprint density at radius 3 is 2.57 bits per heavy atom. The minimum Gasteiger partial charge on any atom is -0.326 e. The van der Waals surface area contributed by atoms with E-state index < -0.39 is 0 Å². The first kappa shape index (κ1) is 15.0. The van der Waals surface area contributed by atoms with E-state index in [4.69, 9.17) is 11.6 Å². The second kappa shape index (κ2) is 6.85. The molecule has 21 heavy (non-hydrogen) atoms. The molecule has 0 aliphatic heterocycles. The first-order valence-electron chi connectivity index (χ1n) is 6.41. The zero-order chi connectivity index (χ0) is 15.2. The molecule has 1 aromatic heterocycles. The number of hydrogen-bond donors (Lipinski definition) is 2. The smallest absolute Gasteiger partial charge is 0.258 e. The van der Waals surface area contributed by atoms with E-state index in [9.17, 15) is 9.59 Å². The number of rotatable bonds is 4. The van der Waals surface area contributed by atoms with Crippen LogP contribution in [-0.4, -0.2) is 16.8 Å². The van der Waals surface area contributed by atoms with E-state index in [1.165, 1.54) is 12.4 Å². The number of benzene rings is 1. The largest absolute Gasteiger partial charge is 0.326 e. The quantitative estimate of drug-likeness (QED) is 0.910. The lowest BCUT2D eigenvalue weighted by Crippen LogP contribution is -2.13. The zero-order valence-corrected chi connectivity index (χ0v) is 12.1. The van der Waals surface area contributed by atoms with Gasteiger partial charge in [-0.2, -0.15) is 0 Å². The molecule has 0 radical (unpaired) electrons. The number of pyridine rings is 1. The molecule has 0 aliphatic carbocycles. The molecule has 108 valence electrons. The molecule has 1 aromatic carbocycles. The maximum atomic E-state index is 12.1. The SMILES string of the molecule is CCC(=O)Nc1cccc(NC(=O)c2cnccc2Cl)c1. The summed E-state index contributed by atoms with van der Waals surface area (Å²) in [6, 6.07) is 8.44. The maximum Gasteiger partial charge on any atom is 0.258 e. The van der Waals surface area contributed by atoms with Crippen LogP contribution in [0.2, 0.25) is 5.02 Å². The number of carbonyl (C=O) groups excluding carboxylic acids is 2. The molecule has 0 spiro atoms. The van der Waals surface area contributed by atoms with Gasteiger partial charge in [0.1, 0.15) is 0 Å². The van der Waals surface area contributed by atoms with Crippen molar-refractivity contribution in [3.05, 3.63) is 53.3 Å². The molecule has 6 heteroatoms. The molecular formula is C15H14ClN3O2. The van der Waals surface area contributed by atoms with Crippen molar-refractivity contribution in [3.63, 3.8) is 0 Å². The number of nitrogens with one attached hydrogen (secondary N) is 2. The predicted octanol–water partition coefficient (Wildman–Crippen LogP) is 3.34. The fourth-order valence-corrected chi connectivity index (χ4v) is 1.86. The zero-order valence-electron chi connectivity index (χ0n) is 11.4. The van der Waals surface area contributed by atoms with Crippen molar-refractivity contribution in [1.82, 2.24) is 4.98 Å².